The van der Waals surface area contributed by atoms with Gasteiger partial charge in [0.1, 0.15) is 0 Å². The Kier molecular flexibility index (Phi) is 3.90. The summed E-state index contributed by atoms with van der Waals surface area (Å²) in [4.78, 5) is 25.6. The molecule has 1 aromatic heterocycles. The second-order valence-corrected chi connectivity index (χ2v) is 6.38. The van der Waals surface area contributed by atoms with Crippen molar-refractivity contribution in [2.45, 2.75) is 19.4 Å². The molecule has 0 atom stereocenters. The zero-order valence-electron chi connectivity index (χ0n) is 12.5. The summed E-state index contributed by atoms with van der Waals surface area (Å²) in [5.41, 5.74) is 1.38. The molecule has 0 saturated carbocycles. The number of nitrogens with zero attached hydrogens (tertiary/aromatic N) is 3. The summed E-state index contributed by atoms with van der Waals surface area (Å²) in [5, 5.41) is 8.08. The number of fused-ring (bicyclic) bond motifs is 1. The van der Waals surface area contributed by atoms with Crippen molar-refractivity contribution in [2.75, 3.05) is 13.1 Å². The normalized spacial score (nSPS) is 15.0. The highest BCUT2D eigenvalue weighted by molar-refractivity contribution is 9.10. The maximum Gasteiger partial charge on any atom is 0.275 e. The van der Waals surface area contributed by atoms with Crippen LogP contribution in [0.25, 0.3) is 10.9 Å². The number of amides is 2. The first-order valence-corrected chi connectivity index (χ1v) is 7.99. The molecular weight excluding hydrogens is 348 g/mol. The summed E-state index contributed by atoms with van der Waals surface area (Å²) >= 11 is 3.43. The molecule has 1 N–H and O–H groups in total. The molecule has 0 spiro atoms. The summed E-state index contributed by atoms with van der Waals surface area (Å²) < 4.78 is 2.63. The van der Waals surface area contributed by atoms with E-state index in [-0.39, 0.29) is 17.9 Å². The first-order valence-electron chi connectivity index (χ1n) is 7.20. The highest BCUT2D eigenvalue weighted by atomic mass is 79.9. The molecule has 2 heterocycles. The minimum Gasteiger partial charge on any atom is -0.350 e. The molecule has 116 valence electrons. The summed E-state index contributed by atoms with van der Waals surface area (Å²) in [6, 6.07) is 5.83. The van der Waals surface area contributed by atoms with Crippen molar-refractivity contribution in [2.24, 2.45) is 7.05 Å². The van der Waals surface area contributed by atoms with E-state index in [4.69, 9.17) is 0 Å². The van der Waals surface area contributed by atoms with E-state index in [1.807, 2.05) is 32.2 Å². The number of carbonyl (C=O) groups excluding carboxylic acids is 2. The quantitative estimate of drug-likeness (QED) is 0.900. The van der Waals surface area contributed by atoms with Gasteiger partial charge in [0.05, 0.1) is 11.6 Å². The van der Waals surface area contributed by atoms with E-state index >= 15 is 0 Å². The Morgan fingerprint density at radius 2 is 2.14 bits per heavy atom. The number of benzene rings is 1. The third-order valence-corrected chi connectivity index (χ3v) is 4.36. The molecule has 1 saturated heterocycles. The minimum atomic E-state index is -0.0919. The van der Waals surface area contributed by atoms with Gasteiger partial charge in [-0.3, -0.25) is 14.3 Å². The molecule has 2 aromatic rings. The molecular formula is C15H17BrN4O2. The van der Waals surface area contributed by atoms with Crippen LogP contribution in [0, 0.1) is 0 Å². The van der Waals surface area contributed by atoms with Gasteiger partial charge in [0, 0.05) is 36.4 Å². The van der Waals surface area contributed by atoms with E-state index in [9.17, 15) is 9.59 Å². The fourth-order valence-electron chi connectivity index (χ4n) is 2.61. The lowest BCUT2D eigenvalue weighted by atomic mass is 10.1. The van der Waals surface area contributed by atoms with E-state index < -0.39 is 0 Å². The van der Waals surface area contributed by atoms with Crippen LogP contribution in [0.3, 0.4) is 0 Å². The number of carbonyl (C=O) groups is 2. The number of aryl methyl sites for hydroxylation is 1. The Labute approximate surface area is 136 Å². The van der Waals surface area contributed by atoms with Crippen LogP contribution in [0.4, 0.5) is 0 Å². The summed E-state index contributed by atoms with van der Waals surface area (Å²) in [6.07, 6.45) is 0.462. The molecule has 1 fully saturated rings. The highest BCUT2D eigenvalue weighted by Crippen LogP contribution is 2.24. The maximum absolute atomic E-state index is 12.6. The van der Waals surface area contributed by atoms with Crippen LogP contribution < -0.4 is 5.32 Å². The second-order valence-electron chi connectivity index (χ2n) is 5.46. The van der Waals surface area contributed by atoms with Crippen molar-refractivity contribution in [1.29, 1.82) is 0 Å². The number of rotatable bonds is 3. The largest absolute Gasteiger partial charge is 0.350 e. The molecule has 1 aromatic carbocycles. The van der Waals surface area contributed by atoms with Gasteiger partial charge >= 0.3 is 0 Å². The molecule has 3 rings (SSSR count). The zero-order chi connectivity index (χ0) is 15.9. The maximum atomic E-state index is 12.6. The minimum absolute atomic E-state index is 0.0179. The molecule has 6 nitrogen and oxygen atoms in total. The average Bonchev–Trinajstić information content (AvgIpc) is 2.78. The molecule has 0 radical (unpaired) electrons. The summed E-state index contributed by atoms with van der Waals surface area (Å²) in [5.74, 6) is -0.0741. The van der Waals surface area contributed by atoms with Crippen molar-refractivity contribution in [3.63, 3.8) is 0 Å². The van der Waals surface area contributed by atoms with Gasteiger partial charge in [-0.05, 0) is 18.2 Å². The Bertz CT molecular complexity index is 749. The lowest BCUT2D eigenvalue weighted by molar-refractivity contribution is -0.122. The van der Waals surface area contributed by atoms with E-state index in [1.165, 1.54) is 0 Å². The molecule has 0 unspecified atom stereocenters. The summed E-state index contributed by atoms with van der Waals surface area (Å²) in [6.45, 7) is 2.89. The molecule has 2 amide bonds. The first-order chi connectivity index (χ1) is 10.5. The predicted molar refractivity (Wildman–Crippen MR) is 86.5 cm³/mol. The van der Waals surface area contributed by atoms with Crippen LogP contribution in [-0.2, 0) is 11.8 Å². The van der Waals surface area contributed by atoms with Gasteiger partial charge in [0.25, 0.3) is 5.91 Å². The van der Waals surface area contributed by atoms with E-state index in [0.29, 0.717) is 25.2 Å². The molecule has 1 aliphatic rings. The van der Waals surface area contributed by atoms with Gasteiger partial charge < -0.3 is 10.2 Å². The van der Waals surface area contributed by atoms with Gasteiger partial charge in [-0.25, -0.2) is 0 Å². The van der Waals surface area contributed by atoms with Crippen LogP contribution in [-0.4, -0.2) is 45.6 Å². The van der Waals surface area contributed by atoms with E-state index in [2.05, 4.69) is 26.3 Å². The predicted octanol–water partition coefficient (Wildman–Crippen LogP) is 1.69. The van der Waals surface area contributed by atoms with Gasteiger partial charge in [-0.1, -0.05) is 22.9 Å². The van der Waals surface area contributed by atoms with Crippen molar-refractivity contribution >= 4 is 38.6 Å². The summed E-state index contributed by atoms with van der Waals surface area (Å²) in [7, 11) is 1.83. The van der Waals surface area contributed by atoms with E-state index in [0.717, 1.165) is 15.4 Å². The van der Waals surface area contributed by atoms with Gasteiger partial charge in [-0.15, -0.1) is 0 Å². The van der Waals surface area contributed by atoms with Gasteiger partial charge in [-0.2, -0.15) is 5.10 Å². The Balaban J connectivity index is 1.77. The number of aromatic nitrogens is 2. The number of hydrogen-bond acceptors (Lipinski definition) is 3. The van der Waals surface area contributed by atoms with Crippen molar-refractivity contribution in [1.82, 2.24) is 20.0 Å². The van der Waals surface area contributed by atoms with Gasteiger partial charge in [0.15, 0.2) is 5.69 Å². The standard InChI is InChI=1S/C15H17BrN4O2/c1-3-13(21)17-10-7-20(8-10)15(22)14-11-6-9(16)4-5-12(11)19(2)18-14/h4-6,10H,3,7-8H2,1-2H3,(H,17,21). The van der Waals surface area contributed by atoms with Crippen LogP contribution in [0.2, 0.25) is 0 Å². The van der Waals surface area contributed by atoms with E-state index in [1.54, 1.807) is 9.58 Å². The second kappa shape index (κ2) is 5.72. The number of halogens is 1. The Hall–Kier alpha value is -1.89. The SMILES string of the molecule is CCC(=O)NC1CN(C(=O)c2nn(C)c3ccc(Br)cc23)C1. The fraction of sp³-hybridized carbons (Fsp3) is 0.400. The smallest absolute Gasteiger partial charge is 0.275 e. The Morgan fingerprint density at radius 3 is 2.82 bits per heavy atom. The van der Waals surface area contributed by atoms with Crippen LogP contribution in [0.1, 0.15) is 23.8 Å². The zero-order valence-corrected chi connectivity index (χ0v) is 14.1. The van der Waals surface area contributed by atoms with Crippen molar-refractivity contribution in [3.05, 3.63) is 28.4 Å². The Morgan fingerprint density at radius 1 is 1.41 bits per heavy atom. The number of hydrogen-bond donors (Lipinski definition) is 1. The number of likely N-dealkylation sites (tertiary alicyclic amines) is 1. The molecule has 0 aliphatic carbocycles. The number of nitrogens with one attached hydrogen (secondary N) is 1. The molecule has 7 heteroatoms. The monoisotopic (exact) mass is 364 g/mol. The van der Waals surface area contributed by atoms with Gasteiger partial charge in [0.2, 0.25) is 5.91 Å². The molecule has 0 bridgehead atoms. The third kappa shape index (κ3) is 2.61. The topological polar surface area (TPSA) is 67.2 Å². The van der Waals surface area contributed by atoms with Crippen LogP contribution in [0.15, 0.2) is 22.7 Å². The van der Waals surface area contributed by atoms with Crippen LogP contribution in [0.5, 0.6) is 0 Å². The lowest BCUT2D eigenvalue weighted by Crippen LogP contribution is -2.61. The molecule has 22 heavy (non-hydrogen) atoms. The van der Waals surface area contributed by atoms with Crippen molar-refractivity contribution in [3.8, 4) is 0 Å². The first kappa shape index (κ1) is 15.0. The fourth-order valence-corrected chi connectivity index (χ4v) is 2.97. The van der Waals surface area contributed by atoms with Crippen molar-refractivity contribution < 1.29 is 9.59 Å². The highest BCUT2D eigenvalue weighted by Gasteiger charge is 2.33. The van der Waals surface area contributed by atoms with Crippen LogP contribution >= 0.6 is 15.9 Å². The molecule has 1 aliphatic heterocycles. The third-order valence-electron chi connectivity index (χ3n) is 3.87. The average molecular weight is 365 g/mol. The lowest BCUT2D eigenvalue weighted by Gasteiger charge is -2.39.